The van der Waals surface area contributed by atoms with E-state index < -0.39 is 11.7 Å². The Hall–Kier alpha value is -0.660. The smallest absolute Gasteiger partial charge is 0.387 e. The van der Waals surface area contributed by atoms with Crippen molar-refractivity contribution in [3.8, 4) is 0 Å². The van der Waals surface area contributed by atoms with Crippen molar-refractivity contribution in [2.24, 2.45) is 0 Å². The number of anilines is 1. The summed E-state index contributed by atoms with van der Waals surface area (Å²) in [7, 11) is 4.84. The van der Waals surface area contributed by atoms with E-state index in [4.69, 9.17) is 0 Å². The number of aryl methyl sites for hydroxylation is 1. The van der Waals surface area contributed by atoms with Gasteiger partial charge in [0.15, 0.2) is 0 Å². The van der Waals surface area contributed by atoms with Gasteiger partial charge in [-0.15, -0.1) is 17.8 Å². The van der Waals surface area contributed by atoms with Crippen LogP contribution in [0.1, 0.15) is 37.8 Å². The van der Waals surface area contributed by atoms with Gasteiger partial charge in [-0.1, -0.05) is 13.0 Å². The van der Waals surface area contributed by atoms with Crippen molar-refractivity contribution in [1.29, 1.82) is 0 Å². The number of nitrogens with one attached hydrogen (secondary N) is 1. The Balaban J connectivity index is 0.000000468. The van der Waals surface area contributed by atoms with E-state index in [0.29, 0.717) is 16.7 Å². The van der Waals surface area contributed by atoms with Gasteiger partial charge in [0, 0.05) is 13.5 Å². The summed E-state index contributed by atoms with van der Waals surface area (Å²) in [5.41, 5.74) is 0.0967. The Morgan fingerprint density at radius 1 is 1.35 bits per heavy atom. The maximum Gasteiger partial charge on any atom is 0.418 e. The Morgan fingerprint density at radius 3 is 2.39 bits per heavy atom. The lowest BCUT2D eigenvalue weighted by molar-refractivity contribution is -0.137. The Morgan fingerprint density at radius 2 is 1.96 bits per heavy atom. The minimum absolute atomic E-state index is 0.119. The first-order valence-electron chi connectivity index (χ1n) is 7.48. The van der Waals surface area contributed by atoms with Crippen LogP contribution in [0.15, 0.2) is 12.1 Å². The standard InChI is InChI=1S/C9H11F3NP.C7H15OP/c1-5-3-6(9(10,11)12)8(13-2)7(14)4-5;1-3-9-6-4-5-7(2)8/h3-4,13H,14H2,1-2H3;9H,3-6H2,1-2H3. The minimum Gasteiger partial charge on any atom is -0.387 e. The molecule has 0 saturated heterocycles. The average Bonchev–Trinajstić information content (AvgIpc) is 2.42. The third-order valence-electron chi connectivity index (χ3n) is 3.00. The van der Waals surface area contributed by atoms with E-state index in [-0.39, 0.29) is 5.69 Å². The van der Waals surface area contributed by atoms with E-state index in [9.17, 15) is 18.0 Å². The van der Waals surface area contributed by atoms with Crippen LogP contribution in [0.4, 0.5) is 18.9 Å². The van der Waals surface area contributed by atoms with Crippen LogP contribution in [0, 0.1) is 6.92 Å². The first-order chi connectivity index (χ1) is 10.6. The van der Waals surface area contributed by atoms with Gasteiger partial charge in [-0.25, -0.2) is 0 Å². The van der Waals surface area contributed by atoms with E-state index in [1.807, 2.05) is 0 Å². The summed E-state index contributed by atoms with van der Waals surface area (Å²) in [5, 5.41) is 3.08. The highest BCUT2D eigenvalue weighted by atomic mass is 31.1. The van der Waals surface area contributed by atoms with Gasteiger partial charge in [0.25, 0.3) is 0 Å². The molecule has 0 aliphatic heterocycles. The summed E-state index contributed by atoms with van der Waals surface area (Å²) < 4.78 is 37.6. The van der Waals surface area contributed by atoms with Gasteiger partial charge in [0.1, 0.15) is 5.78 Å². The highest BCUT2D eigenvalue weighted by molar-refractivity contribution is 7.37. The summed E-state index contributed by atoms with van der Waals surface area (Å²) in [4.78, 5) is 10.4. The van der Waals surface area contributed by atoms with E-state index in [1.165, 1.54) is 19.4 Å². The average molecular weight is 367 g/mol. The predicted molar refractivity (Wildman–Crippen MR) is 98.7 cm³/mol. The molecule has 0 spiro atoms. The molecule has 0 bridgehead atoms. The maximum absolute atomic E-state index is 12.5. The fourth-order valence-electron chi connectivity index (χ4n) is 1.96. The predicted octanol–water partition coefficient (Wildman–Crippen LogP) is 4.61. The molecule has 0 fully saturated rings. The molecule has 7 heteroatoms. The van der Waals surface area contributed by atoms with Crippen LogP contribution in [-0.2, 0) is 11.0 Å². The van der Waals surface area contributed by atoms with Gasteiger partial charge in [-0.3, -0.25) is 0 Å². The highest BCUT2D eigenvalue weighted by Crippen LogP contribution is 2.35. The quantitative estimate of drug-likeness (QED) is 0.588. The van der Waals surface area contributed by atoms with Crippen LogP contribution in [0.5, 0.6) is 0 Å². The SMILES string of the molecule is CCPCCCC(C)=O.CNc1c(P)cc(C)cc1C(F)(F)F. The second-order valence-electron chi connectivity index (χ2n) is 5.18. The number of ketones is 1. The summed E-state index contributed by atoms with van der Waals surface area (Å²) in [6.45, 7) is 5.49. The number of hydrogen-bond donors (Lipinski definition) is 1. The molecule has 0 aliphatic rings. The van der Waals surface area contributed by atoms with Crippen LogP contribution >= 0.6 is 17.8 Å². The first kappa shape index (κ1) is 22.3. The zero-order chi connectivity index (χ0) is 18.0. The molecular formula is C16H26F3NOP2. The second kappa shape index (κ2) is 11.0. The summed E-state index contributed by atoms with van der Waals surface area (Å²) in [5.74, 6) is 0.330. The molecule has 132 valence electrons. The second-order valence-corrected chi connectivity index (χ2v) is 7.51. The maximum atomic E-state index is 12.5. The van der Waals surface area contributed by atoms with E-state index in [0.717, 1.165) is 27.5 Å². The topological polar surface area (TPSA) is 29.1 Å². The molecule has 0 aromatic heterocycles. The van der Waals surface area contributed by atoms with Crippen molar-refractivity contribution < 1.29 is 18.0 Å². The lowest BCUT2D eigenvalue weighted by atomic mass is 10.1. The van der Waals surface area contributed by atoms with Gasteiger partial charge in [-0.05, 0) is 49.5 Å². The van der Waals surface area contributed by atoms with E-state index in [2.05, 4.69) is 21.5 Å². The minimum atomic E-state index is -4.31. The van der Waals surface area contributed by atoms with Gasteiger partial charge in [0.2, 0.25) is 0 Å². The van der Waals surface area contributed by atoms with Crippen molar-refractivity contribution in [3.63, 3.8) is 0 Å². The number of carbonyl (C=O) groups is 1. The Bertz CT molecular complexity index is 505. The van der Waals surface area contributed by atoms with Crippen LogP contribution in [0.25, 0.3) is 0 Å². The lowest BCUT2D eigenvalue weighted by Gasteiger charge is -2.15. The molecule has 0 aliphatic carbocycles. The number of hydrogen-bond acceptors (Lipinski definition) is 2. The number of benzene rings is 1. The molecule has 1 N–H and O–H groups in total. The molecule has 2 unspecified atom stereocenters. The molecule has 1 aromatic rings. The number of alkyl halides is 3. The van der Waals surface area contributed by atoms with E-state index >= 15 is 0 Å². The van der Waals surface area contributed by atoms with Crippen LogP contribution in [0.2, 0.25) is 0 Å². The normalized spacial score (nSPS) is 11.3. The van der Waals surface area contributed by atoms with Crippen LogP contribution < -0.4 is 10.6 Å². The van der Waals surface area contributed by atoms with Gasteiger partial charge in [0.05, 0.1) is 11.3 Å². The van der Waals surface area contributed by atoms with Crippen LogP contribution in [0.3, 0.4) is 0 Å². The number of rotatable bonds is 6. The Kier molecular flexibility index (Phi) is 10.7. The van der Waals surface area contributed by atoms with Crippen molar-refractivity contribution >= 4 is 34.6 Å². The molecule has 2 nitrogen and oxygen atoms in total. The fourth-order valence-corrected chi connectivity index (χ4v) is 3.30. The summed E-state index contributed by atoms with van der Waals surface area (Å²) in [6, 6.07) is 2.82. The van der Waals surface area contributed by atoms with Crippen molar-refractivity contribution in [1.82, 2.24) is 0 Å². The number of carbonyl (C=O) groups excluding carboxylic acids is 1. The zero-order valence-corrected chi connectivity index (χ0v) is 16.3. The first-order valence-corrected chi connectivity index (χ1v) is 9.47. The monoisotopic (exact) mass is 367 g/mol. The van der Waals surface area contributed by atoms with Crippen LogP contribution in [-0.4, -0.2) is 25.2 Å². The summed E-state index contributed by atoms with van der Waals surface area (Å²) in [6.07, 6.45) is 0.0955. The Labute approximate surface area is 141 Å². The third kappa shape index (κ3) is 9.27. The highest BCUT2D eigenvalue weighted by Gasteiger charge is 2.34. The van der Waals surface area contributed by atoms with Crippen molar-refractivity contribution in [2.45, 2.75) is 39.8 Å². The lowest BCUT2D eigenvalue weighted by Crippen LogP contribution is -2.14. The van der Waals surface area contributed by atoms with E-state index in [1.54, 1.807) is 19.9 Å². The van der Waals surface area contributed by atoms with Gasteiger partial charge < -0.3 is 10.1 Å². The molecule has 0 amide bonds. The molecule has 1 aromatic carbocycles. The molecule has 0 saturated carbocycles. The third-order valence-corrected chi connectivity index (χ3v) is 4.66. The molecule has 0 radical (unpaired) electrons. The molecule has 1 rings (SSSR count). The molecule has 23 heavy (non-hydrogen) atoms. The molecular weight excluding hydrogens is 341 g/mol. The zero-order valence-electron chi connectivity index (χ0n) is 14.1. The molecule has 2 atom stereocenters. The molecule has 0 heterocycles. The number of halogens is 3. The van der Waals surface area contributed by atoms with Gasteiger partial charge >= 0.3 is 6.18 Å². The number of Topliss-reactive ketones (excluding diaryl/α,β-unsaturated/α-hetero) is 1. The van der Waals surface area contributed by atoms with Gasteiger partial charge in [-0.2, -0.15) is 13.2 Å². The fraction of sp³-hybridized carbons (Fsp3) is 0.562. The summed E-state index contributed by atoms with van der Waals surface area (Å²) >= 11 is 0. The largest absolute Gasteiger partial charge is 0.418 e. The van der Waals surface area contributed by atoms with Crippen molar-refractivity contribution in [3.05, 3.63) is 23.3 Å². The van der Waals surface area contributed by atoms with Crippen molar-refractivity contribution in [2.75, 3.05) is 24.7 Å².